The second-order valence-electron chi connectivity index (χ2n) is 7.66. The largest absolute Gasteiger partial charge is 0.490 e. The van der Waals surface area contributed by atoms with Crippen molar-refractivity contribution >= 4 is 11.6 Å². The van der Waals surface area contributed by atoms with Gasteiger partial charge in [-0.25, -0.2) is 0 Å². The van der Waals surface area contributed by atoms with Crippen molar-refractivity contribution in [3.63, 3.8) is 0 Å². The number of carbonyl (C=O) groups excluding carboxylic acids is 1. The van der Waals surface area contributed by atoms with Crippen LogP contribution >= 0.6 is 0 Å². The number of hydrogen-bond donors (Lipinski definition) is 1. The fraction of sp³-hybridized carbons (Fsp3) is 0.435. The Bertz CT molecular complexity index is 796. The SMILES string of the molecule is Cc1ccc(C)c(O[C@H](C)C(=O)Nc2ccc(OC3CCN(C)CC3)cc2)c1. The van der Waals surface area contributed by atoms with Gasteiger partial charge in [0.1, 0.15) is 17.6 Å². The Balaban J connectivity index is 1.53. The molecule has 1 heterocycles. The van der Waals surface area contributed by atoms with Crippen LogP contribution in [-0.2, 0) is 4.79 Å². The first-order valence-electron chi connectivity index (χ1n) is 9.91. The predicted octanol–water partition coefficient (Wildman–Crippen LogP) is 4.18. The highest BCUT2D eigenvalue weighted by Gasteiger charge is 2.19. The Labute approximate surface area is 167 Å². The minimum Gasteiger partial charge on any atom is -0.490 e. The fourth-order valence-corrected chi connectivity index (χ4v) is 3.23. The molecule has 3 rings (SSSR count). The van der Waals surface area contributed by atoms with Crippen LogP contribution in [0.25, 0.3) is 0 Å². The summed E-state index contributed by atoms with van der Waals surface area (Å²) in [4.78, 5) is 14.8. The maximum atomic E-state index is 12.5. The van der Waals surface area contributed by atoms with E-state index in [1.54, 1.807) is 6.92 Å². The van der Waals surface area contributed by atoms with Gasteiger partial charge in [0.15, 0.2) is 6.10 Å². The zero-order valence-electron chi connectivity index (χ0n) is 17.2. The molecule has 0 aliphatic carbocycles. The molecule has 1 fully saturated rings. The second kappa shape index (κ2) is 9.11. The molecule has 1 aliphatic heterocycles. The Kier molecular flexibility index (Phi) is 6.57. The summed E-state index contributed by atoms with van der Waals surface area (Å²) in [5, 5.41) is 2.91. The number of nitrogens with zero attached hydrogens (tertiary/aromatic N) is 1. The summed E-state index contributed by atoms with van der Waals surface area (Å²) in [6, 6.07) is 13.5. The average Bonchev–Trinajstić information content (AvgIpc) is 2.68. The molecule has 1 N–H and O–H groups in total. The van der Waals surface area contributed by atoms with Crippen molar-refractivity contribution in [3.05, 3.63) is 53.6 Å². The third-order valence-corrected chi connectivity index (χ3v) is 5.11. The van der Waals surface area contributed by atoms with E-state index in [2.05, 4.69) is 17.3 Å². The van der Waals surface area contributed by atoms with Crippen molar-refractivity contribution in [1.82, 2.24) is 4.90 Å². The van der Waals surface area contributed by atoms with Gasteiger partial charge in [0.05, 0.1) is 0 Å². The molecule has 1 amide bonds. The summed E-state index contributed by atoms with van der Waals surface area (Å²) in [6.45, 7) is 7.87. The Morgan fingerprint density at radius 1 is 1.11 bits per heavy atom. The topological polar surface area (TPSA) is 50.8 Å². The highest BCUT2D eigenvalue weighted by atomic mass is 16.5. The molecule has 150 valence electrons. The highest BCUT2D eigenvalue weighted by molar-refractivity contribution is 5.94. The van der Waals surface area contributed by atoms with Gasteiger partial charge in [-0.15, -0.1) is 0 Å². The first kappa shape index (κ1) is 20.2. The van der Waals surface area contributed by atoms with Crippen LogP contribution in [0.2, 0.25) is 0 Å². The van der Waals surface area contributed by atoms with Crippen molar-refractivity contribution in [2.24, 2.45) is 0 Å². The third kappa shape index (κ3) is 5.49. The van der Waals surface area contributed by atoms with Gasteiger partial charge in [-0.1, -0.05) is 12.1 Å². The predicted molar refractivity (Wildman–Crippen MR) is 112 cm³/mol. The van der Waals surface area contributed by atoms with Gasteiger partial charge in [0.25, 0.3) is 5.91 Å². The van der Waals surface area contributed by atoms with E-state index >= 15 is 0 Å². The van der Waals surface area contributed by atoms with E-state index in [4.69, 9.17) is 9.47 Å². The molecule has 0 radical (unpaired) electrons. The minimum atomic E-state index is -0.587. The van der Waals surface area contributed by atoms with E-state index in [0.29, 0.717) is 0 Å². The zero-order chi connectivity index (χ0) is 20.1. The van der Waals surface area contributed by atoms with E-state index in [-0.39, 0.29) is 12.0 Å². The zero-order valence-corrected chi connectivity index (χ0v) is 17.2. The summed E-state index contributed by atoms with van der Waals surface area (Å²) in [5.41, 5.74) is 2.85. The first-order valence-corrected chi connectivity index (χ1v) is 9.91. The number of rotatable bonds is 6. The molecule has 0 unspecified atom stereocenters. The van der Waals surface area contributed by atoms with Crippen molar-refractivity contribution < 1.29 is 14.3 Å². The molecule has 2 aromatic rings. The van der Waals surface area contributed by atoms with Crippen LogP contribution in [0.5, 0.6) is 11.5 Å². The van der Waals surface area contributed by atoms with Gasteiger partial charge >= 0.3 is 0 Å². The number of piperidine rings is 1. The number of ether oxygens (including phenoxy) is 2. The van der Waals surface area contributed by atoms with E-state index in [1.165, 1.54) is 0 Å². The van der Waals surface area contributed by atoms with Crippen LogP contribution in [0.3, 0.4) is 0 Å². The Hall–Kier alpha value is -2.53. The number of amides is 1. The number of benzene rings is 2. The van der Waals surface area contributed by atoms with Crippen molar-refractivity contribution in [2.75, 3.05) is 25.5 Å². The van der Waals surface area contributed by atoms with E-state index in [0.717, 1.165) is 54.2 Å². The van der Waals surface area contributed by atoms with Gasteiger partial charge in [0.2, 0.25) is 0 Å². The third-order valence-electron chi connectivity index (χ3n) is 5.11. The average molecular weight is 383 g/mol. The van der Waals surface area contributed by atoms with Crippen molar-refractivity contribution in [3.8, 4) is 11.5 Å². The standard InChI is InChI=1S/C23H30N2O3/c1-16-5-6-17(2)22(15-16)27-18(3)23(26)24-19-7-9-20(10-8-19)28-21-11-13-25(4)14-12-21/h5-10,15,18,21H,11-14H2,1-4H3,(H,24,26)/t18-/m1/s1. The van der Waals surface area contributed by atoms with E-state index in [9.17, 15) is 4.79 Å². The molecule has 5 nitrogen and oxygen atoms in total. The Morgan fingerprint density at radius 3 is 2.46 bits per heavy atom. The minimum absolute atomic E-state index is 0.176. The molecule has 1 saturated heterocycles. The highest BCUT2D eigenvalue weighted by Crippen LogP contribution is 2.22. The fourth-order valence-electron chi connectivity index (χ4n) is 3.23. The van der Waals surface area contributed by atoms with Crippen LogP contribution in [-0.4, -0.2) is 43.2 Å². The smallest absolute Gasteiger partial charge is 0.265 e. The Morgan fingerprint density at radius 2 is 1.79 bits per heavy atom. The summed E-state index contributed by atoms with van der Waals surface area (Å²) < 4.78 is 11.9. The molecule has 0 bridgehead atoms. The molecule has 1 aliphatic rings. The van der Waals surface area contributed by atoms with Gasteiger partial charge in [-0.3, -0.25) is 4.79 Å². The number of nitrogens with one attached hydrogen (secondary N) is 1. The summed E-state index contributed by atoms with van der Waals surface area (Å²) in [7, 11) is 2.14. The number of aryl methyl sites for hydroxylation is 2. The molecule has 28 heavy (non-hydrogen) atoms. The maximum absolute atomic E-state index is 12.5. The lowest BCUT2D eigenvalue weighted by atomic mass is 10.1. The normalized spacial score (nSPS) is 16.4. The number of carbonyl (C=O) groups is 1. The van der Waals surface area contributed by atoms with Crippen LogP contribution in [0, 0.1) is 13.8 Å². The monoisotopic (exact) mass is 382 g/mol. The molecule has 5 heteroatoms. The molecule has 0 saturated carbocycles. The summed E-state index contributed by atoms with van der Waals surface area (Å²) >= 11 is 0. The lowest BCUT2D eigenvalue weighted by molar-refractivity contribution is -0.122. The van der Waals surface area contributed by atoms with E-state index < -0.39 is 6.10 Å². The first-order chi connectivity index (χ1) is 13.4. The molecular formula is C23H30N2O3. The second-order valence-corrected chi connectivity index (χ2v) is 7.66. The van der Waals surface area contributed by atoms with Gasteiger partial charge in [0, 0.05) is 18.8 Å². The number of hydrogen-bond acceptors (Lipinski definition) is 4. The van der Waals surface area contributed by atoms with Crippen LogP contribution in [0.4, 0.5) is 5.69 Å². The van der Waals surface area contributed by atoms with Crippen LogP contribution in [0.15, 0.2) is 42.5 Å². The lowest BCUT2D eigenvalue weighted by Gasteiger charge is -2.29. The van der Waals surface area contributed by atoms with E-state index in [1.807, 2.05) is 56.3 Å². The molecular weight excluding hydrogens is 352 g/mol. The lowest BCUT2D eigenvalue weighted by Crippen LogP contribution is -2.35. The van der Waals surface area contributed by atoms with Crippen LogP contribution in [0.1, 0.15) is 30.9 Å². The van der Waals surface area contributed by atoms with Gasteiger partial charge < -0.3 is 19.7 Å². The molecule has 2 aromatic carbocycles. The number of anilines is 1. The van der Waals surface area contributed by atoms with Crippen molar-refractivity contribution in [1.29, 1.82) is 0 Å². The molecule has 0 spiro atoms. The van der Waals surface area contributed by atoms with Gasteiger partial charge in [-0.2, -0.15) is 0 Å². The molecule has 0 aromatic heterocycles. The van der Waals surface area contributed by atoms with Crippen molar-refractivity contribution in [2.45, 2.75) is 45.8 Å². The maximum Gasteiger partial charge on any atom is 0.265 e. The molecule has 1 atom stereocenters. The summed E-state index contributed by atoms with van der Waals surface area (Å²) in [6.07, 6.45) is 1.77. The van der Waals surface area contributed by atoms with Crippen LogP contribution < -0.4 is 14.8 Å². The quantitative estimate of drug-likeness (QED) is 0.814. The summed E-state index contributed by atoms with van der Waals surface area (Å²) in [5.74, 6) is 1.40. The number of likely N-dealkylation sites (tertiary alicyclic amines) is 1. The van der Waals surface area contributed by atoms with Gasteiger partial charge in [-0.05, 0) is 82.1 Å².